The van der Waals surface area contributed by atoms with Crippen molar-refractivity contribution in [1.82, 2.24) is 19.9 Å². The minimum atomic E-state index is -4.47. The Balaban J connectivity index is 1.59. The molecule has 6 nitrogen and oxygen atoms in total. The van der Waals surface area contributed by atoms with E-state index in [1.807, 2.05) is 4.90 Å². The molecule has 0 N–H and O–H groups in total. The highest BCUT2D eigenvalue weighted by Crippen LogP contribution is 2.30. The van der Waals surface area contributed by atoms with E-state index < -0.39 is 11.9 Å². The van der Waals surface area contributed by atoms with Gasteiger partial charge in [0, 0.05) is 37.5 Å². The third kappa shape index (κ3) is 3.85. The van der Waals surface area contributed by atoms with E-state index in [0.717, 1.165) is 18.8 Å². The van der Waals surface area contributed by atoms with Crippen molar-refractivity contribution in [1.29, 1.82) is 0 Å². The molecular weight excluding hydrogens is 311 g/mol. The van der Waals surface area contributed by atoms with Gasteiger partial charge < -0.3 is 9.64 Å². The zero-order valence-electron chi connectivity index (χ0n) is 12.1. The summed E-state index contributed by atoms with van der Waals surface area (Å²) in [4.78, 5) is 16.9. The van der Waals surface area contributed by atoms with Crippen LogP contribution in [0.25, 0.3) is 0 Å². The molecule has 0 radical (unpaired) electrons. The van der Waals surface area contributed by atoms with Crippen molar-refractivity contribution in [3.8, 4) is 5.88 Å². The Labute approximate surface area is 130 Å². The average Bonchev–Trinajstić information content (AvgIpc) is 3.02. The molecule has 1 saturated heterocycles. The van der Waals surface area contributed by atoms with Crippen LogP contribution in [0.5, 0.6) is 5.88 Å². The van der Waals surface area contributed by atoms with Gasteiger partial charge in [0.25, 0.3) is 0 Å². The summed E-state index contributed by atoms with van der Waals surface area (Å²) >= 11 is 0. The Morgan fingerprint density at radius 1 is 1.22 bits per heavy atom. The summed E-state index contributed by atoms with van der Waals surface area (Å²) in [6.07, 6.45) is 1.90. The predicted molar refractivity (Wildman–Crippen MR) is 74.9 cm³/mol. The van der Waals surface area contributed by atoms with Crippen LogP contribution in [0.4, 0.5) is 19.0 Å². The average molecular weight is 325 g/mol. The summed E-state index contributed by atoms with van der Waals surface area (Å²) in [5.74, 6) is 0.919. The van der Waals surface area contributed by atoms with Gasteiger partial charge in [-0.1, -0.05) is 0 Å². The van der Waals surface area contributed by atoms with Crippen molar-refractivity contribution in [2.75, 3.05) is 24.6 Å². The largest absolute Gasteiger partial charge is 0.476 e. The van der Waals surface area contributed by atoms with Crippen molar-refractivity contribution in [3.63, 3.8) is 0 Å². The van der Waals surface area contributed by atoms with Crippen LogP contribution in [0, 0.1) is 5.92 Å². The van der Waals surface area contributed by atoms with E-state index in [-0.39, 0.29) is 11.7 Å². The number of ether oxygens (including phenoxy) is 1. The highest BCUT2D eigenvalue weighted by atomic mass is 19.4. The number of hydrogen-bond acceptors (Lipinski definition) is 6. The van der Waals surface area contributed by atoms with Crippen molar-refractivity contribution >= 4 is 5.82 Å². The first kappa shape index (κ1) is 15.4. The fourth-order valence-corrected chi connectivity index (χ4v) is 2.41. The molecule has 0 spiro atoms. The normalized spacial score (nSPS) is 18.2. The van der Waals surface area contributed by atoms with E-state index in [4.69, 9.17) is 4.74 Å². The molecule has 2 aromatic heterocycles. The van der Waals surface area contributed by atoms with E-state index in [1.165, 1.54) is 12.4 Å². The molecular formula is C14H14F3N5O. The molecule has 0 amide bonds. The quantitative estimate of drug-likeness (QED) is 0.859. The number of hydrogen-bond donors (Lipinski definition) is 0. The molecule has 0 aliphatic carbocycles. The Morgan fingerprint density at radius 2 is 2.09 bits per heavy atom. The summed E-state index contributed by atoms with van der Waals surface area (Å²) in [7, 11) is 0. The Kier molecular flexibility index (Phi) is 4.26. The maximum atomic E-state index is 12.7. The molecule has 0 saturated carbocycles. The smallest absolute Gasteiger partial charge is 0.433 e. The fraction of sp³-hybridized carbons (Fsp3) is 0.429. The first-order valence-electron chi connectivity index (χ1n) is 7.05. The van der Waals surface area contributed by atoms with Gasteiger partial charge in [-0.2, -0.15) is 13.2 Å². The zero-order chi connectivity index (χ0) is 16.3. The maximum Gasteiger partial charge on any atom is 0.433 e. The predicted octanol–water partition coefficient (Wildman–Crippen LogP) is 2.19. The van der Waals surface area contributed by atoms with Crippen molar-refractivity contribution in [2.45, 2.75) is 12.6 Å². The van der Waals surface area contributed by atoms with Gasteiger partial charge in [0.1, 0.15) is 17.8 Å². The number of aromatic nitrogens is 4. The highest BCUT2D eigenvalue weighted by molar-refractivity contribution is 5.40. The molecule has 122 valence electrons. The van der Waals surface area contributed by atoms with Gasteiger partial charge >= 0.3 is 6.18 Å². The van der Waals surface area contributed by atoms with Crippen LogP contribution in [-0.2, 0) is 6.18 Å². The lowest BCUT2D eigenvalue weighted by Crippen LogP contribution is -2.23. The highest BCUT2D eigenvalue weighted by Gasteiger charge is 2.34. The molecule has 3 rings (SSSR count). The maximum absolute atomic E-state index is 12.7. The van der Waals surface area contributed by atoms with Gasteiger partial charge in [-0.15, -0.1) is 0 Å². The lowest BCUT2D eigenvalue weighted by Gasteiger charge is -2.18. The molecule has 23 heavy (non-hydrogen) atoms. The molecule has 1 fully saturated rings. The van der Waals surface area contributed by atoms with Crippen LogP contribution < -0.4 is 9.64 Å². The van der Waals surface area contributed by atoms with Gasteiger partial charge in [-0.25, -0.2) is 15.0 Å². The second-order valence-electron chi connectivity index (χ2n) is 5.21. The standard InChI is InChI=1S/C14H14F3N5O/c15-14(16,17)11-5-12(21-9-20-11)22-4-1-10(7-22)8-23-13-6-18-2-3-19-13/h2-3,5-6,9-10H,1,4,7-8H2. The molecule has 2 aromatic rings. The number of rotatable bonds is 4. The Morgan fingerprint density at radius 3 is 2.83 bits per heavy atom. The number of anilines is 1. The van der Waals surface area contributed by atoms with Crippen LogP contribution >= 0.6 is 0 Å². The second kappa shape index (κ2) is 6.35. The van der Waals surface area contributed by atoms with Crippen molar-refractivity contribution in [3.05, 3.63) is 36.7 Å². The lowest BCUT2D eigenvalue weighted by atomic mass is 10.1. The van der Waals surface area contributed by atoms with Crippen molar-refractivity contribution in [2.24, 2.45) is 5.92 Å². The SMILES string of the molecule is FC(F)(F)c1cc(N2CCC(COc3cnccn3)C2)ncn1. The zero-order valence-corrected chi connectivity index (χ0v) is 12.1. The van der Waals surface area contributed by atoms with Crippen LogP contribution in [0.1, 0.15) is 12.1 Å². The Bertz CT molecular complexity index is 652. The first-order chi connectivity index (χ1) is 11.0. The number of alkyl halides is 3. The van der Waals surface area contributed by atoms with Gasteiger partial charge in [0.2, 0.25) is 5.88 Å². The van der Waals surface area contributed by atoms with Gasteiger partial charge in [-0.3, -0.25) is 4.98 Å². The third-order valence-electron chi connectivity index (χ3n) is 3.56. The number of halogens is 3. The monoisotopic (exact) mass is 325 g/mol. The van der Waals surface area contributed by atoms with E-state index in [0.29, 0.717) is 25.6 Å². The van der Waals surface area contributed by atoms with Crippen LogP contribution in [0.2, 0.25) is 0 Å². The topological polar surface area (TPSA) is 64.0 Å². The van der Waals surface area contributed by atoms with E-state index in [2.05, 4.69) is 19.9 Å². The molecule has 1 aliphatic rings. The van der Waals surface area contributed by atoms with E-state index >= 15 is 0 Å². The summed E-state index contributed by atoms with van der Waals surface area (Å²) in [5, 5.41) is 0. The van der Waals surface area contributed by atoms with E-state index in [9.17, 15) is 13.2 Å². The lowest BCUT2D eigenvalue weighted by molar-refractivity contribution is -0.141. The summed E-state index contributed by atoms with van der Waals surface area (Å²) < 4.78 is 43.6. The Hall–Kier alpha value is -2.45. The first-order valence-corrected chi connectivity index (χ1v) is 7.05. The third-order valence-corrected chi connectivity index (χ3v) is 3.56. The van der Waals surface area contributed by atoms with Crippen LogP contribution in [-0.4, -0.2) is 39.6 Å². The molecule has 1 unspecified atom stereocenters. The van der Waals surface area contributed by atoms with Gasteiger partial charge in [0.05, 0.1) is 12.8 Å². The molecule has 1 aliphatic heterocycles. The fourth-order valence-electron chi connectivity index (χ4n) is 2.41. The van der Waals surface area contributed by atoms with Crippen LogP contribution in [0.15, 0.2) is 31.0 Å². The minimum absolute atomic E-state index is 0.196. The summed E-state index contributed by atoms with van der Waals surface area (Å²) in [6.45, 7) is 1.64. The molecule has 1 atom stereocenters. The summed E-state index contributed by atoms with van der Waals surface area (Å²) in [5.41, 5.74) is -0.929. The van der Waals surface area contributed by atoms with Gasteiger partial charge in [0.15, 0.2) is 0 Å². The molecule has 9 heteroatoms. The van der Waals surface area contributed by atoms with E-state index in [1.54, 1.807) is 6.20 Å². The van der Waals surface area contributed by atoms with Crippen molar-refractivity contribution < 1.29 is 17.9 Å². The molecule has 3 heterocycles. The summed E-state index contributed by atoms with van der Waals surface area (Å²) in [6, 6.07) is 0.978. The van der Waals surface area contributed by atoms with Crippen LogP contribution in [0.3, 0.4) is 0 Å². The molecule has 0 bridgehead atoms. The van der Waals surface area contributed by atoms with Gasteiger partial charge in [-0.05, 0) is 6.42 Å². The minimum Gasteiger partial charge on any atom is -0.476 e. The second-order valence-corrected chi connectivity index (χ2v) is 5.21. The molecule has 0 aromatic carbocycles. The number of nitrogens with zero attached hydrogens (tertiary/aromatic N) is 5.